The molecule has 0 aromatic carbocycles. The van der Waals surface area contributed by atoms with Crippen LogP contribution in [0.1, 0.15) is 59.3 Å². The molecule has 1 fully saturated rings. The van der Waals surface area contributed by atoms with Gasteiger partial charge in [-0.05, 0) is 32.6 Å². The highest BCUT2D eigenvalue weighted by molar-refractivity contribution is 5.76. The SMILES string of the molecule is CCN(C(=O)NC1CCCCCC1C)C(C)CC(=O)O. The van der Waals surface area contributed by atoms with E-state index in [-0.39, 0.29) is 24.5 Å². The largest absolute Gasteiger partial charge is 0.481 e. The van der Waals surface area contributed by atoms with Crippen LogP contribution in [0.3, 0.4) is 0 Å². The average molecular weight is 284 g/mol. The van der Waals surface area contributed by atoms with E-state index in [1.54, 1.807) is 11.8 Å². The molecule has 0 heterocycles. The van der Waals surface area contributed by atoms with Crippen LogP contribution in [0.15, 0.2) is 0 Å². The Hall–Kier alpha value is -1.26. The van der Waals surface area contributed by atoms with Gasteiger partial charge >= 0.3 is 12.0 Å². The molecule has 0 aromatic rings. The number of urea groups is 1. The van der Waals surface area contributed by atoms with Crippen molar-refractivity contribution in [1.82, 2.24) is 10.2 Å². The van der Waals surface area contributed by atoms with Gasteiger partial charge in [0, 0.05) is 18.6 Å². The lowest BCUT2D eigenvalue weighted by Gasteiger charge is -2.31. The zero-order chi connectivity index (χ0) is 15.1. The van der Waals surface area contributed by atoms with Gasteiger partial charge in [0.05, 0.1) is 6.42 Å². The van der Waals surface area contributed by atoms with Gasteiger partial charge in [0.2, 0.25) is 0 Å². The zero-order valence-corrected chi connectivity index (χ0v) is 12.9. The van der Waals surface area contributed by atoms with E-state index >= 15 is 0 Å². The van der Waals surface area contributed by atoms with Gasteiger partial charge in [0.25, 0.3) is 0 Å². The Morgan fingerprint density at radius 3 is 2.55 bits per heavy atom. The predicted molar refractivity (Wildman–Crippen MR) is 78.7 cm³/mol. The van der Waals surface area contributed by atoms with Crippen LogP contribution in [0, 0.1) is 5.92 Å². The number of carboxylic acid groups (broad SMARTS) is 1. The molecular formula is C15H28N2O3. The molecule has 20 heavy (non-hydrogen) atoms. The summed E-state index contributed by atoms with van der Waals surface area (Å²) < 4.78 is 0. The number of nitrogens with one attached hydrogen (secondary N) is 1. The van der Waals surface area contributed by atoms with Gasteiger partial charge in [0.15, 0.2) is 0 Å². The molecule has 3 unspecified atom stereocenters. The van der Waals surface area contributed by atoms with Crippen LogP contribution in [0.2, 0.25) is 0 Å². The molecule has 2 N–H and O–H groups in total. The number of carboxylic acids is 1. The molecule has 1 rings (SSSR count). The molecule has 0 spiro atoms. The lowest BCUT2D eigenvalue weighted by molar-refractivity contribution is -0.138. The monoisotopic (exact) mass is 284 g/mol. The van der Waals surface area contributed by atoms with E-state index in [0.717, 1.165) is 19.3 Å². The molecule has 3 atom stereocenters. The summed E-state index contributed by atoms with van der Waals surface area (Å²) in [5.74, 6) is -0.374. The van der Waals surface area contributed by atoms with Gasteiger partial charge in [-0.2, -0.15) is 0 Å². The van der Waals surface area contributed by atoms with Gasteiger partial charge in [-0.3, -0.25) is 4.79 Å². The maximum absolute atomic E-state index is 12.3. The number of carbonyl (C=O) groups excluding carboxylic acids is 1. The second-order valence-corrected chi connectivity index (χ2v) is 5.90. The fourth-order valence-corrected chi connectivity index (χ4v) is 2.97. The fourth-order valence-electron chi connectivity index (χ4n) is 2.97. The first-order valence-electron chi connectivity index (χ1n) is 7.74. The third-order valence-corrected chi connectivity index (χ3v) is 4.27. The van der Waals surface area contributed by atoms with Crippen LogP contribution in [0.25, 0.3) is 0 Å². The van der Waals surface area contributed by atoms with Crippen molar-refractivity contribution in [2.24, 2.45) is 5.92 Å². The Kier molecular flexibility index (Phi) is 6.82. The van der Waals surface area contributed by atoms with Crippen molar-refractivity contribution in [2.75, 3.05) is 6.54 Å². The maximum Gasteiger partial charge on any atom is 0.317 e. The molecule has 5 nitrogen and oxygen atoms in total. The van der Waals surface area contributed by atoms with Crippen molar-refractivity contribution in [2.45, 2.75) is 71.4 Å². The molecule has 0 aliphatic heterocycles. The van der Waals surface area contributed by atoms with Crippen molar-refractivity contribution in [1.29, 1.82) is 0 Å². The number of hydrogen-bond acceptors (Lipinski definition) is 2. The summed E-state index contributed by atoms with van der Waals surface area (Å²) in [6, 6.07) is -0.185. The molecule has 1 saturated carbocycles. The molecule has 1 aliphatic carbocycles. The minimum absolute atomic E-state index is 0.0124. The Bertz CT molecular complexity index is 333. The van der Waals surface area contributed by atoms with Gasteiger partial charge < -0.3 is 15.3 Å². The maximum atomic E-state index is 12.3. The van der Waals surface area contributed by atoms with E-state index in [1.165, 1.54) is 12.8 Å². The number of hydrogen-bond donors (Lipinski definition) is 2. The first-order chi connectivity index (χ1) is 9.45. The second kappa shape index (κ2) is 8.12. The number of nitrogens with zero attached hydrogens (tertiary/aromatic N) is 1. The summed E-state index contributed by atoms with van der Waals surface area (Å²) in [7, 11) is 0. The Balaban J connectivity index is 2.59. The fraction of sp³-hybridized carbons (Fsp3) is 0.867. The van der Waals surface area contributed by atoms with Crippen LogP contribution in [-0.2, 0) is 4.79 Å². The topological polar surface area (TPSA) is 69.6 Å². The van der Waals surface area contributed by atoms with Crippen LogP contribution in [0.5, 0.6) is 0 Å². The highest BCUT2D eigenvalue weighted by Gasteiger charge is 2.26. The molecule has 0 radical (unpaired) electrons. The lowest BCUT2D eigenvalue weighted by atomic mass is 9.97. The summed E-state index contributed by atoms with van der Waals surface area (Å²) in [5, 5.41) is 12.0. The normalized spacial score (nSPS) is 24.6. The molecule has 1 aliphatic rings. The van der Waals surface area contributed by atoms with E-state index < -0.39 is 5.97 Å². The average Bonchev–Trinajstić information content (AvgIpc) is 2.55. The molecule has 0 aromatic heterocycles. The molecule has 0 bridgehead atoms. The smallest absolute Gasteiger partial charge is 0.317 e. The highest BCUT2D eigenvalue weighted by atomic mass is 16.4. The van der Waals surface area contributed by atoms with Gasteiger partial charge in [-0.25, -0.2) is 4.79 Å². The minimum Gasteiger partial charge on any atom is -0.481 e. The summed E-state index contributed by atoms with van der Waals surface area (Å²) >= 11 is 0. The molecule has 2 amide bonds. The first kappa shape index (κ1) is 16.8. The van der Waals surface area contributed by atoms with Gasteiger partial charge in [0.1, 0.15) is 0 Å². The standard InChI is InChI=1S/C15H28N2O3/c1-4-17(12(3)10-14(18)19)15(20)16-13-9-7-5-6-8-11(13)2/h11-13H,4-10H2,1-3H3,(H,16,20)(H,18,19). The molecule has 0 saturated heterocycles. The van der Waals surface area contributed by atoms with Crippen LogP contribution in [0.4, 0.5) is 4.79 Å². The molecule has 5 heteroatoms. The van der Waals surface area contributed by atoms with Crippen molar-refractivity contribution >= 4 is 12.0 Å². The minimum atomic E-state index is -0.869. The zero-order valence-electron chi connectivity index (χ0n) is 12.9. The number of rotatable bonds is 5. The van der Waals surface area contributed by atoms with Crippen molar-refractivity contribution in [3.8, 4) is 0 Å². The highest BCUT2D eigenvalue weighted by Crippen LogP contribution is 2.23. The Morgan fingerprint density at radius 2 is 1.95 bits per heavy atom. The van der Waals surface area contributed by atoms with Gasteiger partial charge in [-0.15, -0.1) is 0 Å². The first-order valence-corrected chi connectivity index (χ1v) is 7.74. The number of amides is 2. The Labute approximate surface area is 121 Å². The number of aliphatic carboxylic acids is 1. The third-order valence-electron chi connectivity index (χ3n) is 4.27. The van der Waals surface area contributed by atoms with Crippen LogP contribution < -0.4 is 5.32 Å². The quantitative estimate of drug-likeness (QED) is 0.763. The van der Waals surface area contributed by atoms with E-state index in [1.807, 2.05) is 6.92 Å². The predicted octanol–water partition coefficient (Wildman–Crippen LogP) is 2.85. The summed E-state index contributed by atoms with van der Waals surface area (Å²) in [5.41, 5.74) is 0. The third kappa shape index (κ3) is 5.02. The van der Waals surface area contributed by atoms with Gasteiger partial charge in [-0.1, -0.05) is 26.2 Å². The summed E-state index contributed by atoms with van der Waals surface area (Å²) in [6.07, 6.45) is 5.80. The van der Waals surface area contributed by atoms with E-state index in [2.05, 4.69) is 12.2 Å². The summed E-state index contributed by atoms with van der Waals surface area (Å²) in [4.78, 5) is 24.7. The summed E-state index contributed by atoms with van der Waals surface area (Å²) in [6.45, 7) is 6.39. The molecule has 116 valence electrons. The van der Waals surface area contributed by atoms with E-state index in [9.17, 15) is 9.59 Å². The van der Waals surface area contributed by atoms with Crippen molar-refractivity contribution in [3.63, 3.8) is 0 Å². The van der Waals surface area contributed by atoms with Crippen molar-refractivity contribution in [3.05, 3.63) is 0 Å². The number of carbonyl (C=O) groups is 2. The van der Waals surface area contributed by atoms with E-state index in [4.69, 9.17) is 5.11 Å². The van der Waals surface area contributed by atoms with Crippen LogP contribution >= 0.6 is 0 Å². The van der Waals surface area contributed by atoms with Crippen LogP contribution in [-0.4, -0.2) is 40.6 Å². The Morgan fingerprint density at radius 1 is 1.30 bits per heavy atom. The molecular weight excluding hydrogens is 256 g/mol. The van der Waals surface area contributed by atoms with E-state index in [0.29, 0.717) is 12.5 Å². The lowest BCUT2D eigenvalue weighted by Crippen LogP contribution is -2.50. The second-order valence-electron chi connectivity index (χ2n) is 5.90. The van der Waals surface area contributed by atoms with Crippen molar-refractivity contribution < 1.29 is 14.7 Å².